The molecule has 0 unspecified atom stereocenters. The fourth-order valence-corrected chi connectivity index (χ4v) is 1.86. The average Bonchev–Trinajstić information content (AvgIpc) is 2.49. The van der Waals surface area contributed by atoms with Gasteiger partial charge in [0.25, 0.3) is 5.69 Å². The molecule has 0 amide bonds. The van der Waals surface area contributed by atoms with Crippen LogP contribution in [0.15, 0.2) is 17.3 Å². The van der Waals surface area contributed by atoms with Crippen LogP contribution in [0, 0.1) is 68.1 Å². The SMILES string of the molecule is Cc1cc([N+](=O)[O-])c(C)c([N+](=O)[O-])c1NC(C#N)=C(C#N)C#N. The minimum atomic E-state index is -0.828. The van der Waals surface area contributed by atoms with Gasteiger partial charge in [-0.2, -0.15) is 15.8 Å². The molecule has 0 aliphatic rings. The number of hydrogen-bond acceptors (Lipinski definition) is 8. The van der Waals surface area contributed by atoms with Crippen LogP contribution < -0.4 is 5.32 Å². The zero-order chi connectivity index (χ0) is 17.7. The van der Waals surface area contributed by atoms with Crippen LogP contribution in [-0.2, 0) is 0 Å². The lowest BCUT2D eigenvalue weighted by Crippen LogP contribution is -2.08. The molecule has 114 valence electrons. The second-order valence-electron chi connectivity index (χ2n) is 4.29. The zero-order valence-corrected chi connectivity index (χ0v) is 11.9. The van der Waals surface area contributed by atoms with Crippen molar-refractivity contribution < 1.29 is 9.85 Å². The first-order chi connectivity index (χ1) is 10.8. The maximum atomic E-state index is 11.3. The van der Waals surface area contributed by atoms with Gasteiger partial charge in [0.2, 0.25) is 0 Å². The fraction of sp³-hybridized carbons (Fsp3) is 0.154. The third-order valence-corrected chi connectivity index (χ3v) is 2.94. The Labute approximate surface area is 129 Å². The van der Waals surface area contributed by atoms with Crippen molar-refractivity contribution in [2.24, 2.45) is 0 Å². The van der Waals surface area contributed by atoms with Gasteiger partial charge in [0.05, 0.1) is 9.85 Å². The number of rotatable bonds is 4. The number of benzene rings is 1. The van der Waals surface area contributed by atoms with E-state index >= 15 is 0 Å². The van der Waals surface area contributed by atoms with Crippen LogP contribution in [0.2, 0.25) is 0 Å². The van der Waals surface area contributed by atoms with E-state index in [1.807, 2.05) is 0 Å². The number of allylic oxidation sites excluding steroid dienone is 2. The number of nitrogens with one attached hydrogen (secondary N) is 1. The molecule has 0 saturated carbocycles. The van der Waals surface area contributed by atoms with E-state index < -0.39 is 32.5 Å². The van der Waals surface area contributed by atoms with E-state index in [9.17, 15) is 20.2 Å². The van der Waals surface area contributed by atoms with Gasteiger partial charge in [-0.1, -0.05) is 0 Å². The molecule has 10 heteroatoms. The molecular weight excluding hydrogens is 304 g/mol. The normalized spacial score (nSPS) is 9.00. The molecular formula is C13H8N6O4. The minimum Gasteiger partial charge on any atom is -0.339 e. The van der Waals surface area contributed by atoms with Crippen LogP contribution in [-0.4, -0.2) is 9.85 Å². The Balaban J connectivity index is 3.72. The lowest BCUT2D eigenvalue weighted by molar-refractivity contribution is -0.394. The highest BCUT2D eigenvalue weighted by atomic mass is 16.6. The van der Waals surface area contributed by atoms with E-state index in [1.54, 1.807) is 6.07 Å². The fourth-order valence-electron chi connectivity index (χ4n) is 1.86. The second-order valence-corrected chi connectivity index (χ2v) is 4.29. The molecule has 1 rings (SSSR count). The molecule has 0 heterocycles. The number of nitrogens with zero attached hydrogens (tertiary/aromatic N) is 5. The first kappa shape index (κ1) is 17.1. The molecule has 0 fully saturated rings. The molecule has 0 atom stereocenters. The molecule has 0 aliphatic heterocycles. The average molecular weight is 312 g/mol. The first-order valence-electron chi connectivity index (χ1n) is 5.93. The molecule has 23 heavy (non-hydrogen) atoms. The summed E-state index contributed by atoms with van der Waals surface area (Å²) >= 11 is 0. The largest absolute Gasteiger partial charge is 0.339 e. The Kier molecular flexibility index (Phi) is 4.94. The predicted octanol–water partition coefficient (Wildman–Crippen LogP) is 2.36. The summed E-state index contributed by atoms with van der Waals surface area (Å²) in [5.41, 5.74) is -2.34. The highest BCUT2D eigenvalue weighted by Gasteiger charge is 2.29. The van der Waals surface area contributed by atoms with Gasteiger partial charge in [-0.25, -0.2) is 0 Å². The van der Waals surface area contributed by atoms with Crippen molar-refractivity contribution in [2.45, 2.75) is 13.8 Å². The molecule has 10 nitrogen and oxygen atoms in total. The summed E-state index contributed by atoms with van der Waals surface area (Å²) in [6, 6.07) is 5.66. The molecule has 1 aromatic carbocycles. The molecule has 0 aromatic heterocycles. The van der Waals surface area contributed by atoms with Crippen LogP contribution in [0.4, 0.5) is 17.1 Å². The number of nitro benzene ring substituents is 2. The Morgan fingerprint density at radius 3 is 2.04 bits per heavy atom. The summed E-state index contributed by atoms with van der Waals surface area (Å²) in [4.78, 5) is 20.6. The van der Waals surface area contributed by atoms with Gasteiger partial charge in [-0.15, -0.1) is 0 Å². The van der Waals surface area contributed by atoms with Crippen molar-refractivity contribution in [1.82, 2.24) is 0 Å². The van der Waals surface area contributed by atoms with Gasteiger partial charge in [0.1, 0.15) is 35.2 Å². The van der Waals surface area contributed by atoms with Crippen LogP contribution in [0.1, 0.15) is 11.1 Å². The molecule has 0 spiro atoms. The topological polar surface area (TPSA) is 170 Å². The Morgan fingerprint density at radius 1 is 1.09 bits per heavy atom. The van der Waals surface area contributed by atoms with Crippen LogP contribution in [0.5, 0.6) is 0 Å². The maximum Gasteiger partial charge on any atom is 0.302 e. The van der Waals surface area contributed by atoms with E-state index in [0.717, 1.165) is 6.07 Å². The highest BCUT2D eigenvalue weighted by molar-refractivity contribution is 5.77. The summed E-state index contributed by atoms with van der Waals surface area (Å²) in [6.07, 6.45) is 0. The van der Waals surface area contributed by atoms with E-state index in [0.29, 0.717) is 0 Å². The van der Waals surface area contributed by atoms with Crippen molar-refractivity contribution in [2.75, 3.05) is 5.32 Å². The molecule has 1 aromatic rings. The molecule has 1 N–H and O–H groups in total. The van der Waals surface area contributed by atoms with Crippen LogP contribution in [0.3, 0.4) is 0 Å². The standard InChI is InChI=1S/C13H8N6O4/c1-7-3-11(18(20)21)8(2)13(19(22)23)12(7)17-10(6-16)9(4-14)5-15/h3,17H,1-2H3. The van der Waals surface area contributed by atoms with Crippen LogP contribution in [0.25, 0.3) is 0 Å². The van der Waals surface area contributed by atoms with Crippen molar-refractivity contribution in [3.63, 3.8) is 0 Å². The second kappa shape index (κ2) is 6.66. The van der Waals surface area contributed by atoms with Gasteiger partial charge < -0.3 is 5.32 Å². The van der Waals surface area contributed by atoms with Crippen molar-refractivity contribution in [3.8, 4) is 18.2 Å². The summed E-state index contributed by atoms with van der Waals surface area (Å²) in [7, 11) is 0. The first-order valence-corrected chi connectivity index (χ1v) is 5.93. The number of hydrogen-bond donors (Lipinski definition) is 1. The maximum absolute atomic E-state index is 11.3. The van der Waals surface area contributed by atoms with E-state index in [4.69, 9.17) is 15.8 Å². The quantitative estimate of drug-likeness (QED) is 0.501. The van der Waals surface area contributed by atoms with E-state index in [-0.39, 0.29) is 16.8 Å². The number of anilines is 1. The monoisotopic (exact) mass is 312 g/mol. The number of nitriles is 3. The number of nitro groups is 2. The predicted molar refractivity (Wildman–Crippen MR) is 76.7 cm³/mol. The van der Waals surface area contributed by atoms with E-state index in [1.165, 1.54) is 26.0 Å². The Hall–Kier alpha value is -3.97. The number of aryl methyl sites for hydroxylation is 1. The van der Waals surface area contributed by atoms with Crippen molar-refractivity contribution in [3.05, 3.63) is 48.7 Å². The summed E-state index contributed by atoms with van der Waals surface area (Å²) in [5, 5.41) is 51.1. The van der Waals surface area contributed by atoms with Crippen molar-refractivity contribution in [1.29, 1.82) is 15.8 Å². The lowest BCUT2D eigenvalue weighted by Gasteiger charge is -2.11. The Bertz CT molecular complexity index is 850. The van der Waals surface area contributed by atoms with Gasteiger partial charge in [-0.05, 0) is 19.4 Å². The van der Waals surface area contributed by atoms with Gasteiger partial charge >= 0.3 is 5.69 Å². The summed E-state index contributed by atoms with van der Waals surface area (Å²) in [6.45, 7) is 2.57. The van der Waals surface area contributed by atoms with Crippen molar-refractivity contribution >= 4 is 17.1 Å². The molecule has 0 aliphatic carbocycles. The van der Waals surface area contributed by atoms with E-state index in [2.05, 4.69) is 5.32 Å². The highest BCUT2D eigenvalue weighted by Crippen LogP contribution is 2.38. The van der Waals surface area contributed by atoms with Gasteiger partial charge in [0, 0.05) is 6.07 Å². The lowest BCUT2D eigenvalue weighted by atomic mass is 10.0. The molecule has 0 saturated heterocycles. The molecule has 0 radical (unpaired) electrons. The smallest absolute Gasteiger partial charge is 0.302 e. The zero-order valence-electron chi connectivity index (χ0n) is 11.9. The third kappa shape index (κ3) is 3.20. The van der Waals surface area contributed by atoms with Gasteiger partial charge in [0.15, 0.2) is 5.57 Å². The Morgan fingerprint density at radius 2 is 1.65 bits per heavy atom. The molecule has 0 bridgehead atoms. The minimum absolute atomic E-state index is 0.122. The van der Waals surface area contributed by atoms with Gasteiger partial charge in [-0.3, -0.25) is 20.2 Å². The van der Waals surface area contributed by atoms with Crippen LogP contribution >= 0.6 is 0 Å². The summed E-state index contributed by atoms with van der Waals surface area (Å²) in [5.74, 6) is 0. The summed E-state index contributed by atoms with van der Waals surface area (Å²) < 4.78 is 0. The third-order valence-electron chi connectivity index (χ3n) is 2.94.